The topological polar surface area (TPSA) is 94.1 Å². The molecule has 0 amide bonds. The zero-order valence-electron chi connectivity index (χ0n) is 11.8. The van der Waals surface area contributed by atoms with E-state index in [4.69, 9.17) is 0 Å². The molecular weight excluding hydrogens is 356 g/mol. The fraction of sp³-hybridized carbons (Fsp3) is 0.143. The largest absolute Gasteiger partial charge is 0.245 e. The van der Waals surface area contributed by atoms with Crippen molar-refractivity contribution in [3.8, 4) is 0 Å². The average molecular weight is 368 g/mol. The summed E-state index contributed by atoms with van der Waals surface area (Å²) in [4.78, 5) is 7.84. The minimum Gasteiger partial charge on any atom is -0.245 e. The van der Waals surface area contributed by atoms with Crippen LogP contribution in [0.3, 0.4) is 0 Å². The normalized spacial score (nSPS) is 12.5. The molecule has 0 aliphatic rings. The highest BCUT2D eigenvalue weighted by molar-refractivity contribution is 7.96. The minimum absolute atomic E-state index is 0.0603. The Morgan fingerprint density at radius 1 is 0.870 bits per heavy atom. The Morgan fingerprint density at radius 3 is 2.26 bits per heavy atom. The molecule has 3 rings (SSSR count). The molecule has 0 atom stereocenters. The molecule has 0 N–H and O–H groups in total. The van der Waals surface area contributed by atoms with Gasteiger partial charge < -0.3 is 0 Å². The van der Waals surface area contributed by atoms with Gasteiger partial charge in [-0.2, -0.15) is 0 Å². The molecule has 2 aromatic heterocycles. The Morgan fingerprint density at radius 2 is 1.57 bits per heavy atom. The first kappa shape index (κ1) is 16.0. The van der Waals surface area contributed by atoms with E-state index in [2.05, 4.69) is 9.97 Å². The van der Waals surface area contributed by atoms with E-state index in [-0.39, 0.29) is 9.37 Å². The number of benzene rings is 1. The average Bonchev–Trinajstić information content (AvgIpc) is 2.99. The van der Waals surface area contributed by atoms with Crippen molar-refractivity contribution in [2.45, 2.75) is 9.37 Å². The summed E-state index contributed by atoms with van der Waals surface area (Å²) in [6.45, 7) is 0. The predicted molar refractivity (Wildman–Crippen MR) is 88.0 cm³/mol. The lowest BCUT2D eigenvalue weighted by atomic mass is 10.3. The Labute approximate surface area is 137 Å². The maximum Gasteiger partial charge on any atom is 0.210 e. The van der Waals surface area contributed by atoms with E-state index in [1.54, 1.807) is 36.4 Å². The number of rotatable bonds is 5. The monoisotopic (exact) mass is 368 g/mol. The van der Waals surface area contributed by atoms with Crippen LogP contribution in [0.2, 0.25) is 0 Å². The molecular formula is C14H12N2O4S3. The number of sulfone groups is 2. The van der Waals surface area contributed by atoms with Gasteiger partial charge in [-0.05, 0) is 24.3 Å². The highest BCUT2D eigenvalue weighted by Gasteiger charge is 2.24. The number of pyridine rings is 1. The summed E-state index contributed by atoms with van der Waals surface area (Å²) in [7, 11) is -7.51. The van der Waals surface area contributed by atoms with E-state index in [1.165, 1.54) is 12.3 Å². The standard InChI is InChI=1S/C14H12N2O4S3/c17-22(18,13-7-3-4-8-15-13)9-10-23(19,20)14-16-11-5-1-2-6-12(11)21-14/h1-8H,9-10H2. The fourth-order valence-corrected chi connectivity index (χ4v) is 6.53. The molecule has 1 aromatic carbocycles. The number of nitrogens with zero attached hydrogens (tertiary/aromatic N) is 2. The predicted octanol–water partition coefficient (Wildman–Crippen LogP) is 1.94. The van der Waals surface area contributed by atoms with Crippen LogP contribution >= 0.6 is 11.3 Å². The fourth-order valence-electron chi connectivity index (χ4n) is 1.93. The number of aromatic nitrogens is 2. The Balaban J connectivity index is 1.84. The maximum atomic E-state index is 12.3. The van der Waals surface area contributed by atoms with Gasteiger partial charge >= 0.3 is 0 Å². The summed E-state index contributed by atoms with van der Waals surface area (Å²) in [5.41, 5.74) is 0.587. The van der Waals surface area contributed by atoms with Gasteiger partial charge in [0.25, 0.3) is 0 Å². The Bertz CT molecular complexity index is 1010. The van der Waals surface area contributed by atoms with Crippen molar-refractivity contribution >= 4 is 41.2 Å². The summed E-state index contributed by atoms with van der Waals surface area (Å²) >= 11 is 1.04. The van der Waals surface area contributed by atoms with Gasteiger partial charge in [0.1, 0.15) is 0 Å². The molecule has 0 radical (unpaired) electrons. The van der Waals surface area contributed by atoms with Crippen LogP contribution in [0.25, 0.3) is 10.2 Å². The number of thiazole rings is 1. The highest BCUT2D eigenvalue weighted by Crippen LogP contribution is 2.26. The molecule has 9 heteroatoms. The first-order chi connectivity index (χ1) is 10.9. The Kier molecular flexibility index (Phi) is 4.17. The third-order valence-corrected chi connectivity index (χ3v) is 8.20. The second-order valence-corrected chi connectivity index (χ2v) is 10.1. The van der Waals surface area contributed by atoms with Crippen molar-refractivity contribution < 1.29 is 16.8 Å². The van der Waals surface area contributed by atoms with Gasteiger partial charge in [-0.1, -0.05) is 18.2 Å². The van der Waals surface area contributed by atoms with Crippen LogP contribution in [-0.4, -0.2) is 38.3 Å². The van der Waals surface area contributed by atoms with Crippen molar-refractivity contribution in [2.75, 3.05) is 11.5 Å². The quantitative estimate of drug-likeness (QED) is 0.683. The van der Waals surface area contributed by atoms with Crippen LogP contribution in [-0.2, 0) is 19.7 Å². The van der Waals surface area contributed by atoms with E-state index < -0.39 is 31.2 Å². The maximum absolute atomic E-state index is 12.3. The van der Waals surface area contributed by atoms with E-state index in [0.29, 0.717) is 5.52 Å². The van der Waals surface area contributed by atoms with Crippen LogP contribution in [0, 0.1) is 0 Å². The zero-order chi connectivity index (χ0) is 16.5. The van der Waals surface area contributed by atoms with Crippen LogP contribution in [0.15, 0.2) is 58.0 Å². The highest BCUT2D eigenvalue weighted by atomic mass is 32.2. The Hall–Kier alpha value is -1.84. The first-order valence-corrected chi connectivity index (χ1v) is 10.7. The molecule has 6 nitrogen and oxygen atoms in total. The van der Waals surface area contributed by atoms with Gasteiger partial charge in [-0.25, -0.2) is 26.8 Å². The van der Waals surface area contributed by atoms with Crippen LogP contribution < -0.4 is 0 Å². The van der Waals surface area contributed by atoms with Crippen molar-refractivity contribution in [3.63, 3.8) is 0 Å². The minimum atomic E-state index is -3.76. The summed E-state index contributed by atoms with van der Waals surface area (Å²) in [6, 6.07) is 11.5. The second-order valence-electron chi connectivity index (χ2n) is 4.75. The number of para-hydroxylation sites is 1. The van der Waals surface area contributed by atoms with E-state index in [0.717, 1.165) is 16.0 Å². The summed E-state index contributed by atoms with van der Waals surface area (Å²) in [5, 5.41) is -0.125. The van der Waals surface area contributed by atoms with Crippen LogP contribution in [0.1, 0.15) is 0 Å². The van der Waals surface area contributed by atoms with Gasteiger partial charge in [-0.3, -0.25) is 0 Å². The third-order valence-electron chi connectivity index (χ3n) is 3.12. The number of fused-ring (bicyclic) bond motifs is 1. The lowest BCUT2D eigenvalue weighted by molar-refractivity contribution is 0.585. The molecule has 0 bridgehead atoms. The lowest BCUT2D eigenvalue weighted by Crippen LogP contribution is -2.18. The zero-order valence-corrected chi connectivity index (χ0v) is 14.2. The first-order valence-electron chi connectivity index (χ1n) is 6.61. The third kappa shape index (κ3) is 3.41. The molecule has 2 heterocycles. The molecule has 0 saturated heterocycles. The summed E-state index contributed by atoms with van der Waals surface area (Å²) in [6.07, 6.45) is 1.36. The smallest absolute Gasteiger partial charge is 0.210 e. The molecule has 0 unspecified atom stereocenters. The molecule has 0 spiro atoms. The van der Waals surface area contributed by atoms with Crippen molar-refractivity contribution in [3.05, 3.63) is 48.7 Å². The van der Waals surface area contributed by atoms with Gasteiger partial charge in [0, 0.05) is 6.20 Å². The van der Waals surface area contributed by atoms with Crippen molar-refractivity contribution in [1.82, 2.24) is 9.97 Å². The van der Waals surface area contributed by atoms with E-state index >= 15 is 0 Å². The number of hydrogen-bond donors (Lipinski definition) is 0. The molecule has 0 saturated carbocycles. The van der Waals surface area contributed by atoms with Crippen molar-refractivity contribution in [2.24, 2.45) is 0 Å². The molecule has 3 aromatic rings. The molecule has 0 aliphatic carbocycles. The SMILES string of the molecule is O=S(=O)(CCS(=O)(=O)c1nc2ccccc2s1)c1ccccn1. The summed E-state index contributed by atoms with van der Waals surface area (Å²) < 4.78 is 49.7. The summed E-state index contributed by atoms with van der Waals surface area (Å²) in [5.74, 6) is -1.05. The lowest BCUT2D eigenvalue weighted by Gasteiger charge is -2.03. The van der Waals surface area contributed by atoms with E-state index in [9.17, 15) is 16.8 Å². The second kappa shape index (κ2) is 5.99. The van der Waals surface area contributed by atoms with Crippen molar-refractivity contribution in [1.29, 1.82) is 0 Å². The molecule has 120 valence electrons. The van der Waals surface area contributed by atoms with Gasteiger partial charge in [0.15, 0.2) is 14.9 Å². The number of hydrogen-bond acceptors (Lipinski definition) is 7. The molecule has 23 heavy (non-hydrogen) atoms. The van der Waals surface area contributed by atoms with Gasteiger partial charge in [-0.15, -0.1) is 11.3 Å². The van der Waals surface area contributed by atoms with Gasteiger partial charge in [0.05, 0.1) is 21.7 Å². The molecule has 0 fully saturated rings. The molecule has 0 aliphatic heterocycles. The van der Waals surface area contributed by atoms with Crippen LogP contribution in [0.4, 0.5) is 0 Å². The van der Waals surface area contributed by atoms with E-state index in [1.807, 2.05) is 0 Å². The van der Waals surface area contributed by atoms with Crippen LogP contribution in [0.5, 0.6) is 0 Å². The van der Waals surface area contributed by atoms with Gasteiger partial charge in [0.2, 0.25) is 14.2 Å².